The first-order valence-corrected chi connectivity index (χ1v) is 8.67. The van der Waals surface area contributed by atoms with Gasteiger partial charge >= 0.3 is 5.51 Å². The van der Waals surface area contributed by atoms with Crippen LogP contribution in [0.3, 0.4) is 0 Å². The molecule has 0 amide bonds. The number of ether oxygens (including phenoxy) is 1. The Balaban J connectivity index is 1.97. The molecule has 0 spiro atoms. The van der Waals surface area contributed by atoms with E-state index in [0.717, 1.165) is 12.6 Å². The molecule has 0 saturated carbocycles. The lowest BCUT2D eigenvalue weighted by atomic mass is 10.1. The van der Waals surface area contributed by atoms with Crippen molar-refractivity contribution in [1.82, 2.24) is 4.90 Å². The number of para-hydroxylation sites is 1. The number of hydrogen-bond acceptors (Lipinski definition) is 5. The number of alkyl halides is 3. The third-order valence-corrected chi connectivity index (χ3v) is 5.91. The predicted molar refractivity (Wildman–Crippen MR) is 78.1 cm³/mol. The SMILES string of the molecule is CN1CCOC2CN(c3ccccc3S(=O)(=O)C(F)(F)F)CC21. The summed E-state index contributed by atoms with van der Waals surface area (Å²) in [5.41, 5.74) is -5.24. The zero-order chi connectivity index (χ0) is 16.8. The lowest BCUT2D eigenvalue weighted by Crippen LogP contribution is -2.48. The lowest BCUT2D eigenvalue weighted by molar-refractivity contribution is -0.0435. The van der Waals surface area contributed by atoms with E-state index < -0.39 is 20.2 Å². The van der Waals surface area contributed by atoms with Crippen LogP contribution in [0.4, 0.5) is 18.9 Å². The maximum absolute atomic E-state index is 12.9. The van der Waals surface area contributed by atoms with Crippen molar-refractivity contribution in [3.63, 3.8) is 0 Å². The second-order valence-corrected chi connectivity index (χ2v) is 7.69. The summed E-state index contributed by atoms with van der Waals surface area (Å²) in [6.45, 7) is 2.12. The lowest BCUT2D eigenvalue weighted by Gasteiger charge is -2.33. The maximum Gasteiger partial charge on any atom is 0.501 e. The second-order valence-electron chi connectivity index (χ2n) is 5.78. The number of halogens is 3. The molecule has 5 nitrogen and oxygen atoms in total. The molecular formula is C14H17F3N2O3S. The van der Waals surface area contributed by atoms with Crippen LogP contribution in [-0.2, 0) is 14.6 Å². The van der Waals surface area contributed by atoms with Gasteiger partial charge in [0.25, 0.3) is 9.84 Å². The Kier molecular flexibility index (Phi) is 4.06. The Morgan fingerprint density at radius 2 is 1.91 bits per heavy atom. The van der Waals surface area contributed by atoms with Crippen LogP contribution >= 0.6 is 0 Å². The van der Waals surface area contributed by atoms with Gasteiger partial charge in [0.2, 0.25) is 0 Å². The van der Waals surface area contributed by atoms with Gasteiger partial charge in [-0.15, -0.1) is 0 Å². The summed E-state index contributed by atoms with van der Waals surface area (Å²) in [5, 5.41) is 0. The Hall–Kier alpha value is -1.32. The molecule has 2 unspecified atom stereocenters. The number of likely N-dealkylation sites (N-methyl/N-ethyl adjacent to an activating group) is 1. The third-order valence-electron chi connectivity index (χ3n) is 4.38. The molecule has 2 atom stereocenters. The fourth-order valence-corrected chi connectivity index (χ4v) is 4.10. The van der Waals surface area contributed by atoms with E-state index in [-0.39, 0.29) is 17.8 Å². The summed E-state index contributed by atoms with van der Waals surface area (Å²) >= 11 is 0. The molecule has 2 aliphatic heterocycles. The first kappa shape index (κ1) is 16.5. The number of benzene rings is 1. The van der Waals surface area contributed by atoms with Gasteiger partial charge in [-0.1, -0.05) is 12.1 Å². The van der Waals surface area contributed by atoms with E-state index in [2.05, 4.69) is 4.90 Å². The molecule has 128 valence electrons. The fraction of sp³-hybridized carbons (Fsp3) is 0.571. The Bertz CT molecular complexity index is 693. The maximum atomic E-state index is 12.9. The van der Waals surface area contributed by atoms with Crippen molar-refractivity contribution >= 4 is 15.5 Å². The Labute approximate surface area is 132 Å². The number of morpholine rings is 1. The normalized spacial score (nSPS) is 26.3. The summed E-state index contributed by atoms with van der Waals surface area (Å²) in [6.07, 6.45) is -0.129. The van der Waals surface area contributed by atoms with Gasteiger partial charge in [0.1, 0.15) is 0 Å². The summed E-state index contributed by atoms with van der Waals surface area (Å²) in [5.74, 6) is 0. The van der Waals surface area contributed by atoms with E-state index >= 15 is 0 Å². The standard InChI is InChI=1S/C14H17F3N2O3S/c1-18-6-7-22-12-9-19(8-11(12)18)10-4-2-3-5-13(10)23(20,21)14(15,16)17/h2-5,11-12H,6-9H2,1H3. The molecule has 0 aliphatic carbocycles. The second kappa shape index (κ2) is 5.64. The summed E-state index contributed by atoms with van der Waals surface area (Å²) in [4.78, 5) is 3.05. The van der Waals surface area contributed by atoms with Crippen molar-refractivity contribution in [2.75, 3.05) is 38.2 Å². The molecule has 2 fully saturated rings. The number of nitrogens with zero attached hydrogens (tertiary/aromatic N) is 2. The zero-order valence-corrected chi connectivity index (χ0v) is 13.3. The van der Waals surface area contributed by atoms with Gasteiger partial charge < -0.3 is 9.64 Å². The number of fused-ring (bicyclic) bond motifs is 1. The van der Waals surface area contributed by atoms with E-state index in [4.69, 9.17) is 4.74 Å². The van der Waals surface area contributed by atoms with Crippen LogP contribution in [-0.4, -0.2) is 64.3 Å². The third kappa shape index (κ3) is 2.81. The summed E-state index contributed by atoms with van der Waals surface area (Å²) in [6, 6.07) is 5.30. The molecule has 2 saturated heterocycles. The van der Waals surface area contributed by atoms with Crippen LogP contribution < -0.4 is 4.90 Å². The van der Waals surface area contributed by atoms with Crippen LogP contribution in [0.2, 0.25) is 0 Å². The highest BCUT2D eigenvalue weighted by Gasteiger charge is 2.49. The molecule has 2 heterocycles. The van der Waals surface area contributed by atoms with E-state index in [1.165, 1.54) is 18.2 Å². The minimum absolute atomic E-state index is 0.0467. The summed E-state index contributed by atoms with van der Waals surface area (Å²) in [7, 11) is -3.45. The van der Waals surface area contributed by atoms with E-state index in [1.54, 1.807) is 4.90 Å². The zero-order valence-electron chi connectivity index (χ0n) is 12.5. The molecule has 1 aromatic carbocycles. The fourth-order valence-electron chi connectivity index (χ4n) is 3.12. The van der Waals surface area contributed by atoms with E-state index in [0.29, 0.717) is 19.7 Å². The number of rotatable bonds is 2. The molecule has 3 rings (SSSR count). The van der Waals surface area contributed by atoms with Crippen LogP contribution in [0.5, 0.6) is 0 Å². The smallest absolute Gasteiger partial charge is 0.373 e. The van der Waals surface area contributed by atoms with Crippen molar-refractivity contribution in [2.24, 2.45) is 0 Å². The van der Waals surface area contributed by atoms with Gasteiger partial charge in [-0.2, -0.15) is 13.2 Å². The largest absolute Gasteiger partial charge is 0.501 e. The van der Waals surface area contributed by atoms with Crippen LogP contribution in [0.25, 0.3) is 0 Å². The predicted octanol–water partition coefficient (Wildman–Crippen LogP) is 1.50. The Morgan fingerprint density at radius 1 is 1.22 bits per heavy atom. The first-order valence-electron chi connectivity index (χ1n) is 7.19. The molecule has 1 aromatic rings. The van der Waals surface area contributed by atoms with Crippen LogP contribution in [0.1, 0.15) is 0 Å². The van der Waals surface area contributed by atoms with E-state index in [1.807, 2.05) is 7.05 Å². The number of sulfone groups is 1. The first-order chi connectivity index (χ1) is 10.7. The molecule has 0 N–H and O–H groups in total. The van der Waals surface area contributed by atoms with Gasteiger partial charge in [-0.3, -0.25) is 4.90 Å². The van der Waals surface area contributed by atoms with Crippen molar-refractivity contribution in [3.8, 4) is 0 Å². The van der Waals surface area contributed by atoms with Gasteiger partial charge in [0.05, 0.1) is 29.3 Å². The average Bonchev–Trinajstić information content (AvgIpc) is 2.91. The molecule has 2 aliphatic rings. The van der Waals surface area contributed by atoms with Crippen molar-refractivity contribution in [2.45, 2.75) is 22.5 Å². The van der Waals surface area contributed by atoms with Gasteiger partial charge in [-0.05, 0) is 19.2 Å². The van der Waals surface area contributed by atoms with Crippen LogP contribution in [0, 0.1) is 0 Å². The molecule has 0 bridgehead atoms. The highest BCUT2D eigenvalue weighted by molar-refractivity contribution is 7.92. The quantitative estimate of drug-likeness (QED) is 0.809. The minimum Gasteiger partial charge on any atom is -0.373 e. The molecular weight excluding hydrogens is 333 g/mol. The Morgan fingerprint density at radius 3 is 2.57 bits per heavy atom. The summed E-state index contributed by atoms with van der Waals surface area (Å²) < 4.78 is 68.0. The topological polar surface area (TPSA) is 49.9 Å². The molecule has 0 aromatic heterocycles. The molecule has 23 heavy (non-hydrogen) atoms. The van der Waals surface area contributed by atoms with Gasteiger partial charge in [0.15, 0.2) is 0 Å². The highest BCUT2D eigenvalue weighted by atomic mass is 32.2. The van der Waals surface area contributed by atoms with Crippen LogP contribution in [0.15, 0.2) is 29.2 Å². The van der Waals surface area contributed by atoms with Crippen molar-refractivity contribution < 1.29 is 26.3 Å². The number of hydrogen-bond donors (Lipinski definition) is 0. The monoisotopic (exact) mass is 350 g/mol. The van der Waals surface area contributed by atoms with E-state index in [9.17, 15) is 21.6 Å². The number of anilines is 1. The minimum atomic E-state index is -5.39. The van der Waals surface area contributed by atoms with Gasteiger partial charge in [-0.25, -0.2) is 8.42 Å². The molecule has 0 radical (unpaired) electrons. The highest BCUT2D eigenvalue weighted by Crippen LogP contribution is 2.37. The van der Waals surface area contributed by atoms with Gasteiger partial charge in [0, 0.05) is 19.6 Å². The molecule has 9 heteroatoms. The van der Waals surface area contributed by atoms with Crippen molar-refractivity contribution in [1.29, 1.82) is 0 Å². The average molecular weight is 350 g/mol. The van der Waals surface area contributed by atoms with Crippen molar-refractivity contribution in [3.05, 3.63) is 24.3 Å².